The number of carbonyl (C=O) groups is 3. The number of halogens is 10. The highest BCUT2D eigenvalue weighted by molar-refractivity contribution is 6.53. The molecular weight excluding hydrogens is 703 g/mol. The Kier molecular flexibility index (Phi) is 9.94. The molecule has 1 saturated carbocycles. The molecule has 0 saturated heterocycles. The molecule has 0 unspecified atom stereocenters. The first-order chi connectivity index (χ1) is 20.4. The van der Waals surface area contributed by atoms with Gasteiger partial charge in [-0.25, -0.2) is 8.78 Å². The number of benzene rings is 3. The van der Waals surface area contributed by atoms with E-state index in [1.807, 2.05) is 0 Å². The van der Waals surface area contributed by atoms with E-state index in [0.29, 0.717) is 21.6 Å². The van der Waals surface area contributed by atoms with Crippen molar-refractivity contribution >= 4 is 92.8 Å². The molecule has 0 bridgehead atoms. The van der Waals surface area contributed by atoms with Crippen molar-refractivity contribution in [3.05, 3.63) is 86.4 Å². The molecule has 1 fully saturated rings. The molecule has 0 spiro atoms. The molecule has 0 aliphatic heterocycles. The lowest BCUT2D eigenvalue weighted by molar-refractivity contribution is -0.320. The lowest BCUT2D eigenvalue weighted by Crippen LogP contribution is -2.29. The molecule has 0 aromatic heterocycles. The van der Waals surface area contributed by atoms with Gasteiger partial charge in [-0.1, -0.05) is 40.9 Å². The topological polar surface area (TPSA) is 87.7 Å². The van der Waals surface area contributed by atoms with Gasteiger partial charge >= 0.3 is 6.36 Å². The number of nitrogens with one attached hydrogen (secondary N) is 2. The first-order valence-electron chi connectivity index (χ1n) is 12.1. The maximum atomic E-state index is 15.2. The largest absolute Gasteiger partial charge is 0.523 e. The molecule has 1 aliphatic rings. The average molecular weight is 720 g/mol. The van der Waals surface area contributed by atoms with Crippen molar-refractivity contribution in [2.75, 3.05) is 29.2 Å². The second kappa shape index (κ2) is 12.9. The highest BCUT2D eigenvalue weighted by atomic mass is 35.5. The van der Waals surface area contributed by atoms with Crippen molar-refractivity contribution in [1.29, 1.82) is 0 Å². The third kappa shape index (κ3) is 7.32. The molecule has 4 rings (SSSR count). The van der Waals surface area contributed by atoms with E-state index in [1.54, 1.807) is 11.4 Å². The molecule has 17 heteroatoms. The van der Waals surface area contributed by atoms with Crippen LogP contribution in [0, 0.1) is 17.6 Å². The molecule has 1 aliphatic carbocycles. The first-order valence-corrected chi connectivity index (χ1v) is 14.0. The van der Waals surface area contributed by atoms with Crippen LogP contribution in [-0.4, -0.2) is 42.1 Å². The third-order valence-corrected chi connectivity index (χ3v) is 8.48. The fourth-order valence-corrected chi connectivity index (χ4v) is 5.62. The number of hydrogen-bond acceptors (Lipinski definition) is 4. The minimum absolute atomic E-state index is 0.0947. The lowest BCUT2D eigenvalue weighted by Gasteiger charge is -2.21. The van der Waals surface area contributed by atoms with Crippen LogP contribution in [0.25, 0.3) is 0 Å². The minimum atomic E-state index is -5.15. The van der Waals surface area contributed by atoms with E-state index in [0.717, 1.165) is 13.1 Å². The summed E-state index contributed by atoms with van der Waals surface area (Å²) in [5, 5.41) is 4.68. The van der Waals surface area contributed by atoms with Gasteiger partial charge in [-0.05, 0) is 48.0 Å². The van der Waals surface area contributed by atoms with Gasteiger partial charge in [0.15, 0.2) is 5.82 Å². The van der Waals surface area contributed by atoms with E-state index >= 15 is 4.39 Å². The van der Waals surface area contributed by atoms with E-state index in [-0.39, 0.29) is 21.3 Å². The highest BCUT2D eigenvalue weighted by Crippen LogP contribution is 2.65. The molecule has 2 N–H and O–H groups in total. The van der Waals surface area contributed by atoms with Crippen LogP contribution < -0.4 is 15.5 Å². The summed E-state index contributed by atoms with van der Waals surface area (Å²) in [6.07, 6.45) is -5.15. The van der Waals surface area contributed by atoms with E-state index in [2.05, 4.69) is 10.1 Å². The Morgan fingerprint density at radius 2 is 1.59 bits per heavy atom. The standard InChI is InChI=1S/C27H17Cl5F5N3O4/c1-40(18-7-6-17(33)23(22(18)34)39-19(41)10-44-27(35,36)37)25(43)13-9-12(3-5-14(13)28)38-24(42)21-20(26(21,31)32)11-2-4-15(29)16(30)8-11/h2-9,20-21H,10H2,1H3,(H,38,42)(H,39,41)/t20-,21+/m0/s1. The van der Waals surface area contributed by atoms with Gasteiger partial charge in [0.1, 0.15) is 22.4 Å². The maximum Gasteiger partial charge on any atom is 0.523 e. The normalized spacial score (nSPS) is 17.2. The number of nitrogens with zero attached hydrogens (tertiary/aromatic N) is 1. The van der Waals surface area contributed by atoms with E-state index in [1.165, 1.54) is 30.3 Å². The summed E-state index contributed by atoms with van der Waals surface area (Å²) in [5.74, 6) is -7.38. The van der Waals surface area contributed by atoms with Crippen molar-refractivity contribution < 1.29 is 41.1 Å². The Labute approximate surface area is 271 Å². The Morgan fingerprint density at radius 1 is 0.932 bits per heavy atom. The Bertz CT molecular complexity index is 1660. The molecule has 2 atom stereocenters. The summed E-state index contributed by atoms with van der Waals surface area (Å²) in [6.45, 7) is -1.57. The van der Waals surface area contributed by atoms with Crippen LogP contribution in [-0.2, 0) is 14.3 Å². The van der Waals surface area contributed by atoms with E-state index < -0.39 is 69.9 Å². The number of amides is 3. The summed E-state index contributed by atoms with van der Waals surface area (Å²) in [6, 6.07) is 10.1. The highest BCUT2D eigenvalue weighted by Gasteiger charge is 2.67. The number of carbonyl (C=O) groups excluding carboxylic acids is 3. The van der Waals surface area contributed by atoms with E-state index in [4.69, 9.17) is 58.0 Å². The molecule has 3 amide bonds. The van der Waals surface area contributed by atoms with Gasteiger partial charge in [-0.3, -0.25) is 19.1 Å². The zero-order valence-electron chi connectivity index (χ0n) is 21.8. The molecule has 0 radical (unpaired) electrons. The van der Waals surface area contributed by atoms with Crippen LogP contribution in [0.1, 0.15) is 21.8 Å². The number of alkyl halides is 5. The number of rotatable bonds is 8. The second-order valence-corrected chi connectivity index (χ2v) is 12.1. The fraction of sp³-hybridized carbons (Fsp3) is 0.222. The van der Waals surface area contributed by atoms with Gasteiger partial charge in [0.2, 0.25) is 5.91 Å². The lowest BCUT2D eigenvalue weighted by atomic mass is 10.1. The molecule has 3 aromatic carbocycles. The van der Waals surface area contributed by atoms with Crippen molar-refractivity contribution in [2.24, 2.45) is 5.92 Å². The molecule has 3 aromatic rings. The smallest absolute Gasteiger partial charge is 0.326 e. The summed E-state index contributed by atoms with van der Waals surface area (Å²) in [7, 11) is 1.10. The first kappa shape index (κ1) is 34.0. The van der Waals surface area contributed by atoms with Gasteiger partial charge in [0, 0.05) is 18.7 Å². The monoisotopic (exact) mass is 717 g/mol. The number of ether oxygens (including phenoxy) is 1. The predicted molar refractivity (Wildman–Crippen MR) is 157 cm³/mol. The molecule has 7 nitrogen and oxygen atoms in total. The predicted octanol–water partition coefficient (Wildman–Crippen LogP) is 8.20. The van der Waals surface area contributed by atoms with Gasteiger partial charge in [-0.15, -0.1) is 36.4 Å². The summed E-state index contributed by atoms with van der Waals surface area (Å²) in [4.78, 5) is 38.9. The van der Waals surface area contributed by atoms with Crippen LogP contribution >= 0.6 is 58.0 Å². The van der Waals surface area contributed by atoms with Crippen molar-refractivity contribution in [3.63, 3.8) is 0 Å². The van der Waals surface area contributed by atoms with Gasteiger partial charge in [0.05, 0.1) is 32.2 Å². The molecule has 0 heterocycles. The third-order valence-electron chi connectivity index (χ3n) is 6.47. The second-order valence-electron chi connectivity index (χ2n) is 9.39. The Hall–Kier alpha value is -2.87. The fourth-order valence-electron chi connectivity index (χ4n) is 4.29. The van der Waals surface area contributed by atoms with Crippen molar-refractivity contribution in [2.45, 2.75) is 16.6 Å². The zero-order chi connectivity index (χ0) is 32.7. The van der Waals surface area contributed by atoms with Crippen molar-refractivity contribution in [3.8, 4) is 0 Å². The van der Waals surface area contributed by atoms with Gasteiger partial charge in [0.25, 0.3) is 11.8 Å². The molecule has 44 heavy (non-hydrogen) atoms. The van der Waals surface area contributed by atoms with Crippen LogP contribution in [0.15, 0.2) is 48.5 Å². The molecule has 234 valence electrons. The quantitative estimate of drug-likeness (QED) is 0.182. The van der Waals surface area contributed by atoms with Crippen LogP contribution in [0.2, 0.25) is 15.1 Å². The van der Waals surface area contributed by atoms with E-state index in [9.17, 15) is 31.9 Å². The Morgan fingerprint density at radius 3 is 2.23 bits per heavy atom. The summed E-state index contributed by atoms with van der Waals surface area (Å²) in [5.41, 5.74) is -1.23. The molecular formula is C27H17Cl5F5N3O4. The summed E-state index contributed by atoms with van der Waals surface area (Å²) < 4.78 is 68.0. The van der Waals surface area contributed by atoms with Crippen LogP contribution in [0.4, 0.5) is 39.0 Å². The van der Waals surface area contributed by atoms with Crippen LogP contribution in [0.3, 0.4) is 0 Å². The summed E-state index contributed by atoms with van der Waals surface area (Å²) >= 11 is 31.0. The van der Waals surface area contributed by atoms with Gasteiger partial charge in [-0.2, -0.15) is 0 Å². The number of hydrogen-bond donors (Lipinski definition) is 2. The van der Waals surface area contributed by atoms with Crippen LogP contribution in [0.5, 0.6) is 0 Å². The zero-order valence-corrected chi connectivity index (χ0v) is 25.6. The van der Waals surface area contributed by atoms with Crippen molar-refractivity contribution in [1.82, 2.24) is 0 Å². The maximum absolute atomic E-state index is 15.2. The average Bonchev–Trinajstić information content (AvgIpc) is 3.53. The minimum Gasteiger partial charge on any atom is -0.326 e. The Balaban J connectivity index is 1.52. The SMILES string of the molecule is CN(C(=O)c1cc(NC(=O)[C@H]2[C@H](c3ccc(Cl)c(Cl)c3)C2(Cl)Cl)ccc1Cl)c1ccc(F)c(NC(=O)COC(F)(F)F)c1F. The number of anilines is 3. The van der Waals surface area contributed by atoms with Gasteiger partial charge < -0.3 is 15.5 Å².